The van der Waals surface area contributed by atoms with Crippen LogP contribution in [0.5, 0.6) is 11.5 Å². The lowest BCUT2D eigenvalue weighted by molar-refractivity contribution is 0.288. The summed E-state index contributed by atoms with van der Waals surface area (Å²) in [4.78, 5) is 0. The third-order valence-corrected chi connectivity index (χ3v) is 4.53. The Bertz CT molecular complexity index is 445. The van der Waals surface area contributed by atoms with Crippen LogP contribution < -0.4 is 14.8 Å². The number of hydrogen-bond acceptors (Lipinski definition) is 3. The van der Waals surface area contributed by atoms with E-state index in [2.05, 4.69) is 31.3 Å². The second kappa shape index (κ2) is 7.69. The predicted octanol–water partition coefficient (Wildman–Crippen LogP) is 3.98. The lowest BCUT2D eigenvalue weighted by Crippen LogP contribution is -2.33. The number of nitrogens with one attached hydrogen (secondary N) is 1. The van der Waals surface area contributed by atoms with Crippen LogP contribution in [-0.4, -0.2) is 26.8 Å². The van der Waals surface area contributed by atoms with Crippen molar-refractivity contribution in [3.8, 4) is 11.5 Å². The number of methoxy groups -OCH3 is 2. The van der Waals surface area contributed by atoms with E-state index < -0.39 is 0 Å². The van der Waals surface area contributed by atoms with Gasteiger partial charge in [-0.25, -0.2) is 0 Å². The van der Waals surface area contributed by atoms with Crippen LogP contribution in [0.2, 0.25) is 0 Å². The van der Waals surface area contributed by atoms with Crippen LogP contribution in [0.4, 0.5) is 0 Å². The molecule has 21 heavy (non-hydrogen) atoms. The predicted molar refractivity (Wildman–Crippen MR) is 87.4 cm³/mol. The van der Waals surface area contributed by atoms with Gasteiger partial charge in [-0.3, -0.25) is 0 Å². The lowest BCUT2D eigenvalue weighted by Gasteiger charge is -2.33. The van der Waals surface area contributed by atoms with E-state index in [1.165, 1.54) is 31.2 Å². The average Bonchev–Trinajstić information content (AvgIpc) is 2.52. The summed E-state index contributed by atoms with van der Waals surface area (Å²) >= 11 is 0. The van der Waals surface area contributed by atoms with Crippen LogP contribution in [0.1, 0.15) is 51.0 Å². The van der Waals surface area contributed by atoms with E-state index in [1.807, 2.05) is 6.07 Å². The molecule has 1 aliphatic carbocycles. The molecule has 2 unspecified atom stereocenters. The van der Waals surface area contributed by atoms with E-state index in [0.29, 0.717) is 12.0 Å². The minimum Gasteiger partial charge on any atom is -0.493 e. The van der Waals surface area contributed by atoms with Crippen molar-refractivity contribution < 1.29 is 9.47 Å². The molecule has 0 amide bonds. The Morgan fingerprint density at radius 1 is 1.10 bits per heavy atom. The number of hydrogen-bond donors (Lipinski definition) is 1. The zero-order valence-electron chi connectivity index (χ0n) is 13.8. The first-order chi connectivity index (χ1) is 10.2. The van der Waals surface area contributed by atoms with Crippen molar-refractivity contribution in [2.24, 2.45) is 5.92 Å². The number of rotatable bonds is 6. The maximum Gasteiger partial charge on any atom is 0.160 e. The summed E-state index contributed by atoms with van der Waals surface area (Å²) in [6.07, 6.45) is 5.28. The quantitative estimate of drug-likeness (QED) is 0.860. The van der Waals surface area contributed by atoms with Gasteiger partial charge in [-0.2, -0.15) is 0 Å². The van der Waals surface area contributed by atoms with Crippen LogP contribution in [0.25, 0.3) is 0 Å². The molecule has 1 N–H and O–H groups in total. The second-order valence-corrected chi connectivity index (χ2v) is 6.33. The van der Waals surface area contributed by atoms with E-state index in [9.17, 15) is 0 Å². The molecule has 118 valence electrons. The van der Waals surface area contributed by atoms with Crippen LogP contribution in [-0.2, 0) is 0 Å². The van der Waals surface area contributed by atoms with E-state index in [1.54, 1.807) is 14.2 Å². The minimum absolute atomic E-state index is 0.554. The van der Waals surface area contributed by atoms with Gasteiger partial charge in [0.15, 0.2) is 11.5 Å². The maximum absolute atomic E-state index is 5.46. The topological polar surface area (TPSA) is 30.5 Å². The van der Waals surface area contributed by atoms with Gasteiger partial charge in [-0.15, -0.1) is 0 Å². The molecule has 0 heterocycles. The fraction of sp³-hybridized carbons (Fsp3) is 0.667. The molecule has 1 saturated carbocycles. The van der Waals surface area contributed by atoms with Crippen molar-refractivity contribution in [1.29, 1.82) is 0 Å². The summed E-state index contributed by atoms with van der Waals surface area (Å²) < 4.78 is 10.8. The van der Waals surface area contributed by atoms with Gasteiger partial charge in [0.1, 0.15) is 0 Å². The molecule has 1 aromatic rings. The van der Waals surface area contributed by atoms with Gasteiger partial charge in [0.25, 0.3) is 0 Å². The molecule has 0 aliphatic heterocycles. The summed E-state index contributed by atoms with van der Waals surface area (Å²) in [6.45, 7) is 5.54. The Morgan fingerprint density at radius 2 is 1.81 bits per heavy atom. The first-order valence-corrected chi connectivity index (χ1v) is 8.11. The molecule has 0 spiro atoms. The van der Waals surface area contributed by atoms with Gasteiger partial charge in [-0.05, 0) is 48.9 Å². The molecule has 1 fully saturated rings. The van der Waals surface area contributed by atoms with Crippen molar-refractivity contribution in [2.75, 3.05) is 20.8 Å². The SMILES string of the molecule is COc1ccc(C2CCCCC2CNC(C)C)cc1OC. The molecule has 0 saturated heterocycles. The van der Waals surface area contributed by atoms with Crippen LogP contribution in [0.3, 0.4) is 0 Å². The van der Waals surface area contributed by atoms with E-state index in [4.69, 9.17) is 9.47 Å². The Hall–Kier alpha value is -1.22. The first-order valence-electron chi connectivity index (χ1n) is 8.11. The van der Waals surface area contributed by atoms with Gasteiger partial charge < -0.3 is 14.8 Å². The largest absolute Gasteiger partial charge is 0.493 e. The first kappa shape index (κ1) is 16.2. The van der Waals surface area contributed by atoms with Crippen molar-refractivity contribution in [1.82, 2.24) is 5.32 Å². The molecule has 0 aromatic heterocycles. The fourth-order valence-corrected chi connectivity index (χ4v) is 3.36. The summed E-state index contributed by atoms with van der Waals surface area (Å²) in [5, 5.41) is 3.61. The third kappa shape index (κ3) is 4.13. The molecule has 0 radical (unpaired) electrons. The Balaban J connectivity index is 2.16. The van der Waals surface area contributed by atoms with Crippen LogP contribution >= 0.6 is 0 Å². The highest BCUT2D eigenvalue weighted by Crippen LogP contribution is 2.40. The monoisotopic (exact) mass is 291 g/mol. The van der Waals surface area contributed by atoms with Gasteiger partial charge in [0.05, 0.1) is 14.2 Å². The summed E-state index contributed by atoms with van der Waals surface area (Å²) in [6, 6.07) is 6.96. The second-order valence-electron chi connectivity index (χ2n) is 6.33. The van der Waals surface area contributed by atoms with Gasteiger partial charge >= 0.3 is 0 Å². The molecular formula is C18H29NO2. The Labute approximate surface area is 129 Å². The number of benzene rings is 1. The Morgan fingerprint density at radius 3 is 2.48 bits per heavy atom. The number of ether oxygens (including phenoxy) is 2. The summed E-state index contributed by atoms with van der Waals surface area (Å²) in [5.74, 6) is 3.01. The van der Waals surface area contributed by atoms with E-state index in [-0.39, 0.29) is 0 Å². The molecule has 3 heteroatoms. The highest BCUT2D eigenvalue weighted by atomic mass is 16.5. The van der Waals surface area contributed by atoms with E-state index >= 15 is 0 Å². The van der Waals surface area contributed by atoms with Gasteiger partial charge in [0.2, 0.25) is 0 Å². The van der Waals surface area contributed by atoms with Crippen molar-refractivity contribution in [3.63, 3.8) is 0 Å². The van der Waals surface area contributed by atoms with E-state index in [0.717, 1.165) is 24.0 Å². The standard InChI is InChI=1S/C18H29NO2/c1-13(2)19-12-15-7-5-6-8-16(15)14-9-10-17(20-3)18(11-14)21-4/h9-11,13,15-16,19H,5-8,12H2,1-4H3. The highest BCUT2D eigenvalue weighted by Gasteiger charge is 2.27. The van der Waals surface area contributed by atoms with Gasteiger partial charge in [-0.1, -0.05) is 32.8 Å². The smallest absolute Gasteiger partial charge is 0.160 e. The molecule has 3 nitrogen and oxygen atoms in total. The minimum atomic E-state index is 0.554. The highest BCUT2D eigenvalue weighted by molar-refractivity contribution is 5.44. The molecule has 1 aromatic carbocycles. The Kier molecular flexibility index (Phi) is 5.92. The zero-order chi connectivity index (χ0) is 15.2. The molecule has 1 aliphatic rings. The van der Waals surface area contributed by atoms with Gasteiger partial charge in [0, 0.05) is 6.04 Å². The van der Waals surface area contributed by atoms with Crippen LogP contribution in [0.15, 0.2) is 18.2 Å². The molecule has 2 atom stereocenters. The summed E-state index contributed by atoms with van der Waals surface area (Å²) in [7, 11) is 3.40. The average molecular weight is 291 g/mol. The third-order valence-electron chi connectivity index (χ3n) is 4.53. The summed E-state index contributed by atoms with van der Waals surface area (Å²) in [5.41, 5.74) is 1.39. The lowest BCUT2D eigenvalue weighted by atomic mass is 9.75. The van der Waals surface area contributed by atoms with Crippen molar-refractivity contribution in [3.05, 3.63) is 23.8 Å². The normalized spacial score (nSPS) is 22.3. The fourth-order valence-electron chi connectivity index (χ4n) is 3.36. The molecule has 0 bridgehead atoms. The maximum atomic E-state index is 5.46. The van der Waals surface area contributed by atoms with Crippen molar-refractivity contribution in [2.45, 2.75) is 51.5 Å². The molecule has 2 rings (SSSR count). The van der Waals surface area contributed by atoms with Crippen molar-refractivity contribution >= 4 is 0 Å². The van der Waals surface area contributed by atoms with Crippen LogP contribution in [0, 0.1) is 5.92 Å². The molecular weight excluding hydrogens is 262 g/mol. The zero-order valence-corrected chi connectivity index (χ0v) is 13.8.